The maximum Gasteiger partial charge on any atom is 0.338 e. The minimum atomic E-state index is -1.60. The van der Waals surface area contributed by atoms with E-state index in [9.17, 15) is 24.1 Å². The van der Waals surface area contributed by atoms with E-state index in [1.165, 1.54) is 4.90 Å². The Balaban J connectivity index is 2.57. The zero-order valence-corrected chi connectivity index (χ0v) is 10.8. The van der Waals surface area contributed by atoms with Crippen LogP contribution in [0.3, 0.4) is 0 Å². The fourth-order valence-electron chi connectivity index (χ4n) is 2.44. The highest BCUT2D eigenvalue weighted by atomic mass is 19.1. The maximum atomic E-state index is 13.8. The smallest absolute Gasteiger partial charge is 0.338 e. The minimum Gasteiger partial charge on any atom is -0.478 e. The molecule has 1 fully saturated rings. The Kier molecular flexibility index (Phi) is 3.74. The van der Waals surface area contributed by atoms with Crippen molar-refractivity contribution in [2.24, 2.45) is 5.73 Å². The van der Waals surface area contributed by atoms with Crippen molar-refractivity contribution in [2.45, 2.75) is 18.9 Å². The highest BCUT2D eigenvalue weighted by molar-refractivity contribution is 5.91. The molecule has 1 unspecified atom stereocenters. The van der Waals surface area contributed by atoms with E-state index < -0.39 is 39.9 Å². The fourth-order valence-corrected chi connectivity index (χ4v) is 2.44. The number of halogens is 1. The quantitative estimate of drug-likeness (QED) is 0.627. The van der Waals surface area contributed by atoms with Gasteiger partial charge in [-0.2, -0.15) is 0 Å². The van der Waals surface area contributed by atoms with Gasteiger partial charge in [0.1, 0.15) is 23.1 Å². The number of benzene rings is 1. The third-order valence-corrected chi connectivity index (χ3v) is 3.38. The number of nitrogens with zero attached hydrogens (tertiary/aromatic N) is 2. The van der Waals surface area contributed by atoms with Crippen LogP contribution in [0.15, 0.2) is 12.1 Å². The van der Waals surface area contributed by atoms with Crippen LogP contribution in [0.25, 0.3) is 0 Å². The summed E-state index contributed by atoms with van der Waals surface area (Å²) < 4.78 is 13.8. The molecule has 3 N–H and O–H groups in total. The zero-order valence-electron chi connectivity index (χ0n) is 10.8. The molecular weight excluding hydrogens is 285 g/mol. The number of carboxylic acid groups (broad SMARTS) is 1. The number of anilines is 1. The summed E-state index contributed by atoms with van der Waals surface area (Å²) >= 11 is 0. The number of hydrogen-bond acceptors (Lipinski definition) is 5. The van der Waals surface area contributed by atoms with E-state index >= 15 is 0 Å². The topological polar surface area (TPSA) is 127 Å². The second-order valence-electron chi connectivity index (χ2n) is 4.64. The molecule has 2 rings (SSSR count). The predicted molar refractivity (Wildman–Crippen MR) is 69.6 cm³/mol. The van der Waals surface area contributed by atoms with Crippen molar-refractivity contribution >= 4 is 23.3 Å². The van der Waals surface area contributed by atoms with Crippen molar-refractivity contribution in [3.05, 3.63) is 33.6 Å². The zero-order chi connectivity index (χ0) is 15.7. The van der Waals surface area contributed by atoms with Gasteiger partial charge in [-0.05, 0) is 12.8 Å². The molecule has 1 aliphatic heterocycles. The first-order chi connectivity index (χ1) is 9.82. The molecule has 1 aromatic rings. The number of carbonyl (C=O) groups is 2. The number of nitro benzene ring substituents is 1. The van der Waals surface area contributed by atoms with Crippen molar-refractivity contribution in [1.82, 2.24) is 0 Å². The van der Waals surface area contributed by atoms with E-state index in [0.29, 0.717) is 25.5 Å². The van der Waals surface area contributed by atoms with Gasteiger partial charge >= 0.3 is 5.97 Å². The molecule has 0 bridgehead atoms. The molecule has 0 aliphatic carbocycles. The van der Waals surface area contributed by atoms with Gasteiger partial charge in [-0.3, -0.25) is 14.9 Å². The van der Waals surface area contributed by atoms with Crippen LogP contribution in [0, 0.1) is 15.9 Å². The lowest BCUT2D eigenvalue weighted by molar-refractivity contribution is -0.384. The third kappa shape index (κ3) is 2.62. The number of aromatic carboxylic acids is 1. The fraction of sp³-hybridized carbons (Fsp3) is 0.333. The number of primary amides is 1. The molecule has 112 valence electrons. The Labute approximate surface area is 118 Å². The Morgan fingerprint density at radius 3 is 2.67 bits per heavy atom. The second-order valence-corrected chi connectivity index (χ2v) is 4.64. The van der Waals surface area contributed by atoms with Gasteiger partial charge in [0.15, 0.2) is 0 Å². The standard InChI is InChI=1S/C12H12FN3O5/c13-7-5-9(15-3-1-2-8(15)11(14)17)10(16(20)21)4-6(7)12(18)19/h4-5,8H,1-3H2,(H2,14,17)(H,18,19). The van der Waals surface area contributed by atoms with E-state index in [4.69, 9.17) is 10.8 Å². The largest absolute Gasteiger partial charge is 0.478 e. The predicted octanol–water partition coefficient (Wildman–Crippen LogP) is 0.886. The van der Waals surface area contributed by atoms with Gasteiger partial charge < -0.3 is 15.7 Å². The van der Waals surface area contributed by atoms with Gasteiger partial charge in [0.25, 0.3) is 5.69 Å². The average Bonchev–Trinajstić information content (AvgIpc) is 2.86. The molecule has 1 amide bonds. The van der Waals surface area contributed by atoms with Crippen LogP contribution < -0.4 is 10.6 Å². The van der Waals surface area contributed by atoms with Crippen LogP contribution in [-0.2, 0) is 4.79 Å². The highest BCUT2D eigenvalue weighted by Gasteiger charge is 2.34. The third-order valence-electron chi connectivity index (χ3n) is 3.38. The first-order valence-electron chi connectivity index (χ1n) is 6.10. The van der Waals surface area contributed by atoms with E-state index in [0.717, 1.165) is 6.07 Å². The number of hydrogen-bond donors (Lipinski definition) is 2. The number of carbonyl (C=O) groups excluding carboxylic acids is 1. The molecule has 21 heavy (non-hydrogen) atoms. The molecule has 1 atom stereocenters. The summed E-state index contributed by atoms with van der Waals surface area (Å²) in [5, 5.41) is 19.9. The van der Waals surface area contributed by atoms with Crippen molar-refractivity contribution in [3.63, 3.8) is 0 Å². The van der Waals surface area contributed by atoms with Crippen LogP contribution in [0.2, 0.25) is 0 Å². The van der Waals surface area contributed by atoms with E-state index in [1.54, 1.807) is 0 Å². The van der Waals surface area contributed by atoms with E-state index in [2.05, 4.69) is 0 Å². The summed E-state index contributed by atoms with van der Waals surface area (Å²) in [6.45, 7) is 0.306. The van der Waals surface area contributed by atoms with Crippen LogP contribution in [0.4, 0.5) is 15.8 Å². The maximum absolute atomic E-state index is 13.8. The van der Waals surface area contributed by atoms with Gasteiger partial charge in [-0.15, -0.1) is 0 Å². The van der Waals surface area contributed by atoms with E-state index in [1.807, 2.05) is 0 Å². The van der Waals surface area contributed by atoms with Gasteiger partial charge in [0.2, 0.25) is 5.91 Å². The van der Waals surface area contributed by atoms with Gasteiger partial charge in [0.05, 0.1) is 4.92 Å². The van der Waals surface area contributed by atoms with Gasteiger partial charge in [-0.1, -0.05) is 0 Å². The molecule has 0 spiro atoms. The molecule has 9 heteroatoms. The minimum absolute atomic E-state index is 0.135. The SMILES string of the molecule is NC(=O)C1CCCN1c1cc(F)c(C(=O)O)cc1[N+](=O)[O-]. The summed E-state index contributed by atoms with van der Waals surface area (Å²) in [6.07, 6.45) is 0.988. The number of nitrogens with two attached hydrogens (primary N) is 1. The molecule has 0 saturated carbocycles. The van der Waals surface area contributed by atoms with Gasteiger partial charge in [0, 0.05) is 18.7 Å². The first-order valence-corrected chi connectivity index (χ1v) is 6.10. The number of rotatable bonds is 4. The van der Waals surface area contributed by atoms with Crippen molar-refractivity contribution in [1.29, 1.82) is 0 Å². The average molecular weight is 297 g/mol. The number of amides is 1. The lowest BCUT2D eigenvalue weighted by atomic mass is 10.1. The molecule has 1 heterocycles. The molecule has 1 aromatic carbocycles. The lowest BCUT2D eigenvalue weighted by Gasteiger charge is -2.24. The van der Waals surface area contributed by atoms with Crippen LogP contribution in [0.5, 0.6) is 0 Å². The second kappa shape index (κ2) is 5.35. The van der Waals surface area contributed by atoms with Gasteiger partial charge in [-0.25, -0.2) is 9.18 Å². The molecule has 8 nitrogen and oxygen atoms in total. The lowest BCUT2D eigenvalue weighted by Crippen LogP contribution is -2.40. The van der Waals surface area contributed by atoms with Crippen LogP contribution in [0.1, 0.15) is 23.2 Å². The summed E-state index contributed by atoms with van der Waals surface area (Å²) in [5.41, 5.74) is 3.74. The summed E-state index contributed by atoms with van der Waals surface area (Å²) in [5.74, 6) is -3.36. The monoisotopic (exact) mass is 297 g/mol. The molecule has 1 aliphatic rings. The Morgan fingerprint density at radius 2 is 2.14 bits per heavy atom. The normalized spacial score (nSPS) is 17.8. The van der Waals surface area contributed by atoms with Crippen molar-refractivity contribution in [2.75, 3.05) is 11.4 Å². The van der Waals surface area contributed by atoms with Crippen LogP contribution >= 0.6 is 0 Å². The van der Waals surface area contributed by atoms with Crippen LogP contribution in [-0.4, -0.2) is 34.5 Å². The van der Waals surface area contributed by atoms with Crippen molar-refractivity contribution < 1.29 is 24.0 Å². The number of carboxylic acids is 1. The molecule has 1 saturated heterocycles. The first kappa shape index (κ1) is 14.7. The molecule has 0 aromatic heterocycles. The number of nitro groups is 1. The van der Waals surface area contributed by atoms with Crippen molar-refractivity contribution in [3.8, 4) is 0 Å². The summed E-state index contributed by atoms with van der Waals surface area (Å²) in [6, 6.07) is 0.658. The molecule has 0 radical (unpaired) electrons. The Hall–Kier alpha value is -2.71. The molecular formula is C12H12FN3O5. The summed E-state index contributed by atoms with van der Waals surface area (Å²) in [4.78, 5) is 33.8. The summed E-state index contributed by atoms with van der Waals surface area (Å²) in [7, 11) is 0. The highest BCUT2D eigenvalue weighted by Crippen LogP contribution is 2.35. The Morgan fingerprint density at radius 1 is 1.48 bits per heavy atom. The van der Waals surface area contributed by atoms with E-state index in [-0.39, 0.29) is 5.69 Å². The Bertz CT molecular complexity index is 634.